The molecule has 2 aliphatic carbocycles. The van der Waals surface area contributed by atoms with Crippen molar-refractivity contribution in [1.29, 1.82) is 0 Å². The average Bonchev–Trinajstić information content (AvgIpc) is 2.62. The molecule has 2 saturated carbocycles. The zero-order valence-electron chi connectivity index (χ0n) is 15.5. The molecular weight excluding hydrogens is 334 g/mol. The first-order chi connectivity index (χ1) is 12.0. The molecule has 0 bridgehead atoms. The summed E-state index contributed by atoms with van der Waals surface area (Å²) in [6.07, 6.45) is 7.69. The molecule has 0 spiro atoms. The van der Waals surface area contributed by atoms with E-state index in [9.17, 15) is 9.59 Å². The standard InChI is InChI=1S/C19H33N3O2S/c1-19(20)9-3-2-4-16(19)17(23)21-15-7-5-14(6-8-15)18(24)22-10-12-25-13-11-22/h14-16H,2-13,20H2,1H3,(H,21,23). The maximum atomic E-state index is 12.7. The van der Waals surface area contributed by atoms with Gasteiger partial charge in [0.1, 0.15) is 0 Å². The molecule has 3 rings (SSSR count). The molecule has 6 heteroatoms. The summed E-state index contributed by atoms with van der Waals surface area (Å²) in [5, 5.41) is 3.24. The van der Waals surface area contributed by atoms with Crippen LogP contribution in [0.1, 0.15) is 58.3 Å². The Morgan fingerprint density at radius 2 is 1.76 bits per heavy atom. The predicted octanol–water partition coefficient (Wildman–Crippen LogP) is 2.14. The number of carbonyl (C=O) groups excluding carboxylic acids is 2. The third kappa shape index (κ3) is 4.70. The molecule has 5 nitrogen and oxygen atoms in total. The van der Waals surface area contributed by atoms with Crippen molar-refractivity contribution in [3.63, 3.8) is 0 Å². The summed E-state index contributed by atoms with van der Waals surface area (Å²) in [4.78, 5) is 27.3. The van der Waals surface area contributed by atoms with Crippen LogP contribution in [-0.4, -0.2) is 52.9 Å². The maximum absolute atomic E-state index is 12.7. The quantitative estimate of drug-likeness (QED) is 0.801. The SMILES string of the molecule is CC1(N)CCCCC1C(=O)NC1CCC(C(=O)N2CCSCC2)CC1. The maximum Gasteiger partial charge on any atom is 0.225 e. The van der Waals surface area contributed by atoms with E-state index in [2.05, 4.69) is 5.32 Å². The van der Waals surface area contributed by atoms with Gasteiger partial charge in [0.05, 0.1) is 5.92 Å². The number of hydrogen-bond acceptors (Lipinski definition) is 4. The summed E-state index contributed by atoms with van der Waals surface area (Å²) in [5.74, 6) is 2.70. The zero-order valence-corrected chi connectivity index (χ0v) is 16.3. The molecule has 0 aromatic heterocycles. The van der Waals surface area contributed by atoms with Crippen LogP contribution in [0.2, 0.25) is 0 Å². The fourth-order valence-corrected chi connectivity index (χ4v) is 5.52. The van der Waals surface area contributed by atoms with Crippen molar-refractivity contribution in [3.8, 4) is 0 Å². The van der Waals surface area contributed by atoms with Crippen LogP contribution in [0.5, 0.6) is 0 Å². The molecule has 2 atom stereocenters. The van der Waals surface area contributed by atoms with Crippen LogP contribution in [0.3, 0.4) is 0 Å². The first-order valence-corrected chi connectivity index (χ1v) is 11.1. The molecule has 0 aromatic carbocycles. The number of rotatable bonds is 3. The van der Waals surface area contributed by atoms with Crippen LogP contribution in [-0.2, 0) is 9.59 Å². The lowest BCUT2D eigenvalue weighted by atomic mass is 9.74. The predicted molar refractivity (Wildman–Crippen MR) is 102 cm³/mol. The van der Waals surface area contributed by atoms with Gasteiger partial charge in [0.25, 0.3) is 0 Å². The van der Waals surface area contributed by atoms with Gasteiger partial charge in [-0.1, -0.05) is 12.8 Å². The lowest BCUT2D eigenvalue weighted by Gasteiger charge is -2.39. The minimum absolute atomic E-state index is 0.0635. The van der Waals surface area contributed by atoms with Crippen molar-refractivity contribution in [2.45, 2.75) is 69.9 Å². The van der Waals surface area contributed by atoms with E-state index in [1.165, 1.54) is 0 Å². The zero-order chi connectivity index (χ0) is 17.9. The van der Waals surface area contributed by atoms with E-state index in [1.54, 1.807) is 0 Å². The summed E-state index contributed by atoms with van der Waals surface area (Å²) in [7, 11) is 0. The summed E-state index contributed by atoms with van der Waals surface area (Å²) < 4.78 is 0. The van der Waals surface area contributed by atoms with Crippen molar-refractivity contribution in [2.75, 3.05) is 24.6 Å². The van der Waals surface area contributed by atoms with E-state index in [-0.39, 0.29) is 29.3 Å². The minimum Gasteiger partial charge on any atom is -0.353 e. The smallest absolute Gasteiger partial charge is 0.225 e. The Morgan fingerprint density at radius 3 is 2.40 bits per heavy atom. The number of thioether (sulfide) groups is 1. The average molecular weight is 368 g/mol. The van der Waals surface area contributed by atoms with E-state index in [0.29, 0.717) is 5.91 Å². The monoisotopic (exact) mass is 367 g/mol. The highest BCUT2D eigenvalue weighted by Crippen LogP contribution is 2.33. The highest BCUT2D eigenvalue weighted by atomic mass is 32.2. The molecule has 3 aliphatic rings. The second-order valence-electron chi connectivity index (χ2n) is 8.30. The fraction of sp³-hybridized carbons (Fsp3) is 0.895. The summed E-state index contributed by atoms with van der Waals surface area (Å²) in [6, 6.07) is 0.214. The van der Waals surface area contributed by atoms with Gasteiger partial charge in [-0.15, -0.1) is 0 Å². The second kappa shape index (κ2) is 8.30. The topological polar surface area (TPSA) is 75.4 Å². The highest BCUT2D eigenvalue weighted by molar-refractivity contribution is 7.99. The van der Waals surface area contributed by atoms with Crippen molar-refractivity contribution >= 4 is 23.6 Å². The summed E-state index contributed by atoms with van der Waals surface area (Å²) >= 11 is 1.93. The highest BCUT2D eigenvalue weighted by Gasteiger charge is 2.39. The molecule has 0 aromatic rings. The molecule has 2 amide bonds. The Labute approximate surface area is 155 Å². The third-order valence-corrected chi connectivity index (χ3v) is 7.26. The van der Waals surface area contributed by atoms with Gasteiger partial charge < -0.3 is 16.0 Å². The van der Waals surface area contributed by atoms with Crippen molar-refractivity contribution in [2.24, 2.45) is 17.6 Å². The van der Waals surface area contributed by atoms with Crippen LogP contribution in [0.4, 0.5) is 0 Å². The van der Waals surface area contributed by atoms with Gasteiger partial charge in [-0.3, -0.25) is 9.59 Å². The first-order valence-electron chi connectivity index (χ1n) is 9.93. The lowest BCUT2D eigenvalue weighted by Crippen LogP contribution is -2.54. The van der Waals surface area contributed by atoms with Crippen molar-refractivity contribution in [3.05, 3.63) is 0 Å². The Kier molecular flexibility index (Phi) is 6.31. The van der Waals surface area contributed by atoms with E-state index in [0.717, 1.165) is 76.0 Å². The van der Waals surface area contributed by atoms with Crippen LogP contribution in [0.25, 0.3) is 0 Å². The molecule has 1 saturated heterocycles. The van der Waals surface area contributed by atoms with E-state index in [1.807, 2.05) is 23.6 Å². The second-order valence-corrected chi connectivity index (χ2v) is 9.52. The van der Waals surface area contributed by atoms with Crippen LogP contribution in [0.15, 0.2) is 0 Å². The molecule has 25 heavy (non-hydrogen) atoms. The van der Waals surface area contributed by atoms with Crippen LogP contribution in [0, 0.1) is 11.8 Å². The van der Waals surface area contributed by atoms with Crippen molar-refractivity contribution < 1.29 is 9.59 Å². The molecule has 3 fully saturated rings. The van der Waals surface area contributed by atoms with E-state index in [4.69, 9.17) is 5.73 Å². The number of nitrogens with zero attached hydrogens (tertiary/aromatic N) is 1. The number of hydrogen-bond donors (Lipinski definition) is 2. The molecule has 1 heterocycles. The summed E-state index contributed by atoms with van der Waals surface area (Å²) in [6.45, 7) is 3.82. The van der Waals surface area contributed by atoms with Crippen molar-refractivity contribution in [1.82, 2.24) is 10.2 Å². The molecule has 1 aliphatic heterocycles. The molecule has 0 radical (unpaired) electrons. The van der Waals surface area contributed by atoms with E-state index >= 15 is 0 Å². The Morgan fingerprint density at radius 1 is 1.08 bits per heavy atom. The fourth-order valence-electron chi connectivity index (χ4n) is 4.62. The normalized spacial score (nSPS) is 36.7. The number of amides is 2. The Balaban J connectivity index is 1.46. The number of nitrogens with one attached hydrogen (secondary N) is 1. The van der Waals surface area contributed by atoms with Gasteiger partial charge in [0.15, 0.2) is 0 Å². The van der Waals surface area contributed by atoms with E-state index < -0.39 is 0 Å². The third-order valence-electron chi connectivity index (χ3n) is 6.32. The Hall–Kier alpha value is -0.750. The summed E-state index contributed by atoms with van der Waals surface area (Å²) in [5.41, 5.74) is 5.99. The Bertz CT molecular complexity index is 483. The van der Waals surface area contributed by atoms with Gasteiger partial charge in [0.2, 0.25) is 11.8 Å². The van der Waals surface area contributed by atoms with Gasteiger partial charge in [-0.25, -0.2) is 0 Å². The molecule has 142 valence electrons. The molecular formula is C19H33N3O2S. The largest absolute Gasteiger partial charge is 0.353 e. The van der Waals surface area contributed by atoms with Gasteiger partial charge in [-0.2, -0.15) is 11.8 Å². The van der Waals surface area contributed by atoms with Crippen LogP contribution < -0.4 is 11.1 Å². The van der Waals surface area contributed by atoms with Gasteiger partial charge in [0, 0.05) is 42.1 Å². The number of carbonyl (C=O) groups is 2. The van der Waals surface area contributed by atoms with Gasteiger partial charge >= 0.3 is 0 Å². The molecule has 3 N–H and O–H groups in total. The number of nitrogens with two attached hydrogens (primary N) is 1. The molecule has 2 unspecified atom stereocenters. The first kappa shape index (κ1) is 19.0. The van der Waals surface area contributed by atoms with Gasteiger partial charge in [-0.05, 0) is 45.4 Å². The lowest BCUT2D eigenvalue weighted by molar-refractivity contribution is -0.136. The van der Waals surface area contributed by atoms with Crippen LogP contribution >= 0.6 is 11.8 Å². The minimum atomic E-state index is -0.373.